The van der Waals surface area contributed by atoms with Crippen LogP contribution in [0.5, 0.6) is 0 Å². The average molecular weight is 269 g/mol. The monoisotopic (exact) mass is 269 g/mol. The molecular weight excluding hydrogens is 254 g/mol. The Labute approximate surface area is 108 Å². The predicted octanol–water partition coefficient (Wildman–Crippen LogP) is -1.33. The van der Waals surface area contributed by atoms with E-state index in [1.54, 1.807) is 6.20 Å². The number of aromatic amines is 1. The van der Waals surface area contributed by atoms with Gasteiger partial charge in [0.25, 0.3) is 0 Å². The lowest BCUT2D eigenvalue weighted by Gasteiger charge is -2.24. The van der Waals surface area contributed by atoms with Crippen LogP contribution >= 0.6 is 11.8 Å². The normalized spacial score (nSPS) is 20.9. The minimum Gasteiger partial charge on any atom is -0.368 e. The van der Waals surface area contributed by atoms with Gasteiger partial charge in [-0.2, -0.15) is 0 Å². The lowest BCUT2D eigenvalue weighted by molar-refractivity contribution is -0.137. The van der Waals surface area contributed by atoms with Gasteiger partial charge >= 0.3 is 0 Å². The van der Waals surface area contributed by atoms with E-state index in [1.807, 2.05) is 0 Å². The van der Waals surface area contributed by atoms with E-state index in [4.69, 9.17) is 11.5 Å². The van der Waals surface area contributed by atoms with Crippen molar-refractivity contribution in [1.29, 1.82) is 0 Å². The van der Waals surface area contributed by atoms with E-state index in [9.17, 15) is 9.59 Å². The number of carbonyl (C=O) groups excluding carboxylic acids is 2. The fourth-order valence-electron chi connectivity index (χ4n) is 1.83. The molecule has 0 radical (unpaired) electrons. The largest absolute Gasteiger partial charge is 0.368 e. The van der Waals surface area contributed by atoms with Crippen molar-refractivity contribution >= 4 is 23.6 Å². The molecule has 18 heavy (non-hydrogen) atoms. The van der Waals surface area contributed by atoms with Crippen LogP contribution in [0.2, 0.25) is 0 Å². The van der Waals surface area contributed by atoms with Gasteiger partial charge in [-0.05, 0) is 0 Å². The lowest BCUT2D eigenvalue weighted by Crippen LogP contribution is -2.51. The maximum atomic E-state index is 12.1. The number of hydrogen-bond donors (Lipinski definition) is 3. The maximum Gasteiger partial charge on any atom is 0.241 e. The number of hydrogen-bond acceptors (Lipinski definition) is 5. The highest BCUT2D eigenvalue weighted by Gasteiger charge is 2.35. The van der Waals surface area contributed by atoms with E-state index in [-0.39, 0.29) is 5.91 Å². The molecule has 2 atom stereocenters. The van der Waals surface area contributed by atoms with Crippen LogP contribution in [-0.4, -0.2) is 50.4 Å². The van der Waals surface area contributed by atoms with Gasteiger partial charge in [0, 0.05) is 24.1 Å². The zero-order valence-corrected chi connectivity index (χ0v) is 10.5. The van der Waals surface area contributed by atoms with Crippen molar-refractivity contribution in [2.75, 3.05) is 11.6 Å². The lowest BCUT2D eigenvalue weighted by atomic mass is 10.1. The van der Waals surface area contributed by atoms with E-state index in [1.165, 1.54) is 23.0 Å². The Bertz CT molecular complexity index is 435. The van der Waals surface area contributed by atoms with Crippen molar-refractivity contribution in [3.8, 4) is 0 Å². The first-order chi connectivity index (χ1) is 8.59. The van der Waals surface area contributed by atoms with Crippen LogP contribution in [0.4, 0.5) is 0 Å². The molecule has 1 aromatic rings. The fraction of sp³-hybridized carbons (Fsp3) is 0.500. The summed E-state index contributed by atoms with van der Waals surface area (Å²) < 4.78 is 0. The van der Waals surface area contributed by atoms with Crippen LogP contribution in [0.1, 0.15) is 5.69 Å². The SMILES string of the molecule is NC(=O)[C@@H]1CSCN1C(=O)[C@@H](N)Cc1cnc[nH]1. The van der Waals surface area contributed by atoms with Gasteiger partial charge in [-0.15, -0.1) is 11.8 Å². The van der Waals surface area contributed by atoms with Crippen molar-refractivity contribution in [3.63, 3.8) is 0 Å². The van der Waals surface area contributed by atoms with E-state index in [2.05, 4.69) is 9.97 Å². The molecule has 1 aromatic heterocycles. The number of rotatable bonds is 4. The summed E-state index contributed by atoms with van der Waals surface area (Å²) >= 11 is 1.50. The zero-order chi connectivity index (χ0) is 13.1. The summed E-state index contributed by atoms with van der Waals surface area (Å²) in [5.74, 6) is 0.265. The average Bonchev–Trinajstić information content (AvgIpc) is 2.97. The van der Waals surface area contributed by atoms with Gasteiger partial charge in [0.15, 0.2) is 0 Å². The molecule has 0 aromatic carbocycles. The number of carbonyl (C=O) groups is 2. The Kier molecular flexibility index (Phi) is 3.87. The highest BCUT2D eigenvalue weighted by molar-refractivity contribution is 7.99. The van der Waals surface area contributed by atoms with Gasteiger partial charge in [0.2, 0.25) is 11.8 Å². The number of nitrogens with one attached hydrogen (secondary N) is 1. The Morgan fingerprint density at radius 1 is 1.67 bits per heavy atom. The molecule has 0 saturated carbocycles. The van der Waals surface area contributed by atoms with Gasteiger partial charge in [-0.25, -0.2) is 4.98 Å². The van der Waals surface area contributed by atoms with Gasteiger partial charge in [0.1, 0.15) is 6.04 Å². The molecule has 1 saturated heterocycles. The van der Waals surface area contributed by atoms with Crippen LogP contribution in [0.15, 0.2) is 12.5 Å². The van der Waals surface area contributed by atoms with Gasteiger partial charge in [-0.1, -0.05) is 0 Å². The zero-order valence-electron chi connectivity index (χ0n) is 9.70. The molecule has 0 aliphatic carbocycles. The van der Waals surface area contributed by atoms with Gasteiger partial charge in [-0.3, -0.25) is 9.59 Å². The van der Waals surface area contributed by atoms with E-state index >= 15 is 0 Å². The van der Waals surface area contributed by atoms with Gasteiger partial charge in [0.05, 0.1) is 18.2 Å². The molecule has 8 heteroatoms. The molecule has 98 valence electrons. The number of aromatic nitrogens is 2. The second-order valence-corrected chi connectivity index (χ2v) is 5.11. The van der Waals surface area contributed by atoms with Crippen molar-refractivity contribution < 1.29 is 9.59 Å². The molecular formula is C10H15N5O2S. The van der Waals surface area contributed by atoms with E-state index in [0.29, 0.717) is 18.1 Å². The molecule has 0 bridgehead atoms. The smallest absolute Gasteiger partial charge is 0.241 e. The first-order valence-electron chi connectivity index (χ1n) is 5.50. The van der Waals surface area contributed by atoms with E-state index < -0.39 is 18.0 Å². The summed E-state index contributed by atoms with van der Waals surface area (Å²) in [5.41, 5.74) is 11.9. The number of amides is 2. The highest BCUT2D eigenvalue weighted by atomic mass is 32.2. The van der Waals surface area contributed by atoms with Crippen molar-refractivity contribution in [2.45, 2.75) is 18.5 Å². The first-order valence-corrected chi connectivity index (χ1v) is 6.65. The number of H-pyrrole nitrogens is 1. The molecule has 0 unspecified atom stereocenters. The maximum absolute atomic E-state index is 12.1. The third kappa shape index (κ3) is 2.65. The highest BCUT2D eigenvalue weighted by Crippen LogP contribution is 2.21. The Hall–Kier alpha value is -1.54. The summed E-state index contributed by atoms with van der Waals surface area (Å²) in [4.78, 5) is 31.5. The minimum absolute atomic E-state index is 0.251. The number of nitrogens with two attached hydrogens (primary N) is 2. The summed E-state index contributed by atoms with van der Waals surface area (Å²) in [5, 5.41) is 0. The van der Waals surface area contributed by atoms with Crippen molar-refractivity contribution in [3.05, 3.63) is 18.2 Å². The summed E-state index contributed by atoms with van der Waals surface area (Å²) in [6.07, 6.45) is 3.52. The molecule has 2 rings (SSSR count). The molecule has 1 fully saturated rings. The van der Waals surface area contributed by atoms with Crippen molar-refractivity contribution in [1.82, 2.24) is 14.9 Å². The topological polar surface area (TPSA) is 118 Å². The molecule has 2 heterocycles. The number of thioether (sulfide) groups is 1. The van der Waals surface area contributed by atoms with Crippen LogP contribution in [0.3, 0.4) is 0 Å². The van der Waals surface area contributed by atoms with Gasteiger partial charge < -0.3 is 21.4 Å². The second kappa shape index (κ2) is 5.40. The second-order valence-electron chi connectivity index (χ2n) is 4.11. The Balaban J connectivity index is 1.99. The number of imidazole rings is 1. The Morgan fingerprint density at radius 3 is 3.06 bits per heavy atom. The van der Waals surface area contributed by atoms with E-state index in [0.717, 1.165) is 5.69 Å². The molecule has 5 N–H and O–H groups in total. The summed E-state index contributed by atoms with van der Waals surface area (Å²) in [6.45, 7) is 0. The van der Waals surface area contributed by atoms with Crippen molar-refractivity contribution in [2.24, 2.45) is 11.5 Å². The number of primary amides is 1. The molecule has 2 amide bonds. The third-order valence-corrected chi connectivity index (χ3v) is 3.82. The molecule has 7 nitrogen and oxygen atoms in total. The molecule has 1 aliphatic rings. The molecule has 1 aliphatic heterocycles. The quantitative estimate of drug-likeness (QED) is 0.625. The fourth-order valence-corrected chi connectivity index (χ4v) is 3.01. The van der Waals surface area contributed by atoms with Crippen LogP contribution in [-0.2, 0) is 16.0 Å². The third-order valence-electron chi connectivity index (χ3n) is 2.81. The van der Waals surface area contributed by atoms with Crippen LogP contribution < -0.4 is 11.5 Å². The minimum atomic E-state index is -0.689. The molecule has 0 spiro atoms. The first kappa shape index (κ1) is 12.9. The number of nitrogens with zero attached hydrogens (tertiary/aromatic N) is 2. The van der Waals surface area contributed by atoms with Crippen LogP contribution in [0.25, 0.3) is 0 Å². The van der Waals surface area contributed by atoms with Crippen LogP contribution in [0, 0.1) is 0 Å². The Morgan fingerprint density at radius 2 is 2.44 bits per heavy atom. The summed E-state index contributed by atoms with van der Waals surface area (Å²) in [7, 11) is 0. The predicted molar refractivity (Wildman–Crippen MR) is 67.4 cm³/mol. The standard InChI is InChI=1S/C10H15N5O2S/c11-7(1-6-2-13-4-14-6)10(17)15-5-18-3-8(15)9(12)16/h2,4,7-8H,1,3,5,11H2,(H2,12,16)(H,13,14)/t7-,8-/m0/s1. The summed E-state index contributed by atoms with van der Waals surface area (Å²) in [6, 6.07) is -1.23.